The highest BCUT2D eigenvalue weighted by Crippen LogP contribution is 2.18. The predicted molar refractivity (Wildman–Crippen MR) is 98.7 cm³/mol. The lowest BCUT2D eigenvalue weighted by Crippen LogP contribution is -2.55. The summed E-state index contributed by atoms with van der Waals surface area (Å²) in [6.07, 6.45) is 1.91. The van der Waals surface area contributed by atoms with E-state index in [1.807, 2.05) is 42.2 Å². The second-order valence-corrected chi connectivity index (χ2v) is 6.77. The molecule has 2 fully saturated rings. The summed E-state index contributed by atoms with van der Waals surface area (Å²) in [5.41, 5.74) is 1.02. The van der Waals surface area contributed by atoms with Crippen LogP contribution in [0.1, 0.15) is 19.8 Å². The standard InChI is InChI=1S/C19H26N4O3/c1-2-21(16-6-4-3-5-7-16)14-17(24)22-10-12-23(13-11-22)19(26)18(25)20-15-8-9-15/h3-7,15H,2,8-14H2,1H3,(H,20,25). The number of benzene rings is 1. The Kier molecular flexibility index (Phi) is 5.75. The van der Waals surface area contributed by atoms with Crippen LogP contribution in [0.3, 0.4) is 0 Å². The Labute approximate surface area is 153 Å². The first-order chi connectivity index (χ1) is 12.6. The third-order valence-corrected chi connectivity index (χ3v) is 4.86. The fourth-order valence-corrected chi connectivity index (χ4v) is 3.07. The molecular weight excluding hydrogens is 332 g/mol. The van der Waals surface area contributed by atoms with Crippen molar-refractivity contribution in [1.29, 1.82) is 0 Å². The molecule has 1 aromatic rings. The quantitative estimate of drug-likeness (QED) is 0.777. The first-order valence-corrected chi connectivity index (χ1v) is 9.26. The molecule has 1 saturated heterocycles. The molecule has 140 valence electrons. The topological polar surface area (TPSA) is 73.0 Å². The number of carbonyl (C=O) groups is 3. The minimum Gasteiger partial charge on any atom is -0.362 e. The van der Waals surface area contributed by atoms with Gasteiger partial charge in [-0.15, -0.1) is 0 Å². The molecule has 7 nitrogen and oxygen atoms in total. The molecule has 1 N–H and O–H groups in total. The molecule has 3 rings (SSSR count). The molecule has 7 heteroatoms. The summed E-state index contributed by atoms with van der Waals surface area (Å²) in [5, 5.41) is 2.72. The van der Waals surface area contributed by atoms with Gasteiger partial charge in [-0.25, -0.2) is 0 Å². The summed E-state index contributed by atoms with van der Waals surface area (Å²) in [4.78, 5) is 42.0. The fourth-order valence-electron chi connectivity index (χ4n) is 3.07. The zero-order chi connectivity index (χ0) is 18.5. The number of likely N-dealkylation sites (N-methyl/N-ethyl adjacent to an activating group) is 1. The number of hydrogen-bond acceptors (Lipinski definition) is 4. The molecule has 0 bridgehead atoms. The van der Waals surface area contributed by atoms with E-state index in [0.29, 0.717) is 32.7 Å². The largest absolute Gasteiger partial charge is 0.362 e. The molecule has 1 aromatic carbocycles. The van der Waals surface area contributed by atoms with Crippen molar-refractivity contribution in [3.63, 3.8) is 0 Å². The molecule has 2 aliphatic rings. The maximum Gasteiger partial charge on any atom is 0.312 e. The molecule has 3 amide bonds. The fraction of sp³-hybridized carbons (Fsp3) is 0.526. The van der Waals surface area contributed by atoms with Crippen molar-refractivity contribution in [2.75, 3.05) is 44.2 Å². The number of hydrogen-bond donors (Lipinski definition) is 1. The summed E-state index contributed by atoms with van der Waals surface area (Å²) < 4.78 is 0. The molecule has 0 spiro atoms. The van der Waals surface area contributed by atoms with Crippen LogP contribution in [-0.2, 0) is 14.4 Å². The van der Waals surface area contributed by atoms with Crippen molar-refractivity contribution < 1.29 is 14.4 Å². The van der Waals surface area contributed by atoms with Gasteiger partial charge in [0.15, 0.2) is 0 Å². The van der Waals surface area contributed by atoms with Crippen LogP contribution >= 0.6 is 0 Å². The number of amides is 3. The highest BCUT2D eigenvalue weighted by Gasteiger charge is 2.31. The van der Waals surface area contributed by atoms with E-state index < -0.39 is 11.8 Å². The number of nitrogens with one attached hydrogen (secondary N) is 1. The van der Waals surface area contributed by atoms with Gasteiger partial charge in [0.25, 0.3) is 0 Å². The molecule has 0 unspecified atom stereocenters. The van der Waals surface area contributed by atoms with Crippen LogP contribution in [0.25, 0.3) is 0 Å². The van der Waals surface area contributed by atoms with Gasteiger partial charge in [-0.05, 0) is 31.9 Å². The summed E-state index contributed by atoms with van der Waals surface area (Å²) in [6, 6.07) is 10.0. The van der Waals surface area contributed by atoms with Gasteiger partial charge in [-0.2, -0.15) is 0 Å². The smallest absolute Gasteiger partial charge is 0.312 e. The van der Waals surface area contributed by atoms with Crippen LogP contribution in [-0.4, -0.2) is 72.8 Å². The van der Waals surface area contributed by atoms with Crippen molar-refractivity contribution in [2.24, 2.45) is 0 Å². The van der Waals surface area contributed by atoms with E-state index in [-0.39, 0.29) is 11.9 Å². The molecule has 0 aromatic heterocycles. The average Bonchev–Trinajstić information content (AvgIpc) is 3.50. The lowest BCUT2D eigenvalue weighted by Gasteiger charge is -2.35. The number of nitrogens with zero attached hydrogens (tertiary/aromatic N) is 3. The number of para-hydroxylation sites is 1. The van der Waals surface area contributed by atoms with Crippen LogP contribution in [0.4, 0.5) is 5.69 Å². The number of anilines is 1. The van der Waals surface area contributed by atoms with Gasteiger partial charge < -0.3 is 20.0 Å². The van der Waals surface area contributed by atoms with Gasteiger partial charge in [0.05, 0.1) is 6.54 Å². The maximum atomic E-state index is 12.6. The van der Waals surface area contributed by atoms with Crippen LogP contribution < -0.4 is 10.2 Å². The van der Waals surface area contributed by atoms with Gasteiger partial charge in [-0.1, -0.05) is 18.2 Å². The van der Waals surface area contributed by atoms with Crippen molar-refractivity contribution in [3.05, 3.63) is 30.3 Å². The first kappa shape index (κ1) is 18.2. The predicted octanol–water partition coefficient (Wildman–Crippen LogP) is 0.462. The Balaban J connectivity index is 1.48. The van der Waals surface area contributed by atoms with E-state index in [4.69, 9.17) is 0 Å². The Morgan fingerprint density at radius 3 is 2.23 bits per heavy atom. The summed E-state index contributed by atoms with van der Waals surface area (Å²) in [6.45, 7) is 4.82. The molecule has 1 aliphatic carbocycles. The van der Waals surface area contributed by atoms with Gasteiger partial charge in [0, 0.05) is 44.5 Å². The molecule has 26 heavy (non-hydrogen) atoms. The monoisotopic (exact) mass is 358 g/mol. The summed E-state index contributed by atoms with van der Waals surface area (Å²) in [5.74, 6) is -0.956. The molecular formula is C19H26N4O3. The lowest BCUT2D eigenvalue weighted by molar-refractivity contribution is -0.148. The van der Waals surface area contributed by atoms with E-state index in [1.165, 1.54) is 4.90 Å². The van der Waals surface area contributed by atoms with Crippen LogP contribution in [0.2, 0.25) is 0 Å². The Hall–Kier alpha value is -2.57. The van der Waals surface area contributed by atoms with E-state index in [1.54, 1.807) is 4.90 Å². The average molecular weight is 358 g/mol. The van der Waals surface area contributed by atoms with Crippen molar-refractivity contribution >= 4 is 23.4 Å². The lowest BCUT2D eigenvalue weighted by atomic mass is 10.2. The third-order valence-electron chi connectivity index (χ3n) is 4.86. The van der Waals surface area contributed by atoms with Crippen LogP contribution in [0.15, 0.2) is 30.3 Å². The van der Waals surface area contributed by atoms with E-state index >= 15 is 0 Å². The summed E-state index contributed by atoms with van der Waals surface area (Å²) in [7, 11) is 0. The molecule has 1 aliphatic heterocycles. The SMILES string of the molecule is CCN(CC(=O)N1CCN(C(=O)C(=O)NC2CC2)CC1)c1ccccc1. The molecule has 0 radical (unpaired) electrons. The minimum absolute atomic E-state index is 0.0465. The number of piperazine rings is 1. The molecule has 0 atom stereocenters. The van der Waals surface area contributed by atoms with Crippen molar-refractivity contribution in [1.82, 2.24) is 15.1 Å². The number of carbonyl (C=O) groups excluding carboxylic acids is 3. The zero-order valence-corrected chi connectivity index (χ0v) is 15.2. The van der Waals surface area contributed by atoms with Gasteiger partial charge in [-0.3, -0.25) is 14.4 Å². The van der Waals surface area contributed by atoms with Gasteiger partial charge in [0.1, 0.15) is 0 Å². The van der Waals surface area contributed by atoms with Crippen molar-refractivity contribution in [3.8, 4) is 0 Å². The van der Waals surface area contributed by atoms with Crippen LogP contribution in [0, 0.1) is 0 Å². The first-order valence-electron chi connectivity index (χ1n) is 9.26. The molecule has 1 heterocycles. The Bertz CT molecular complexity index is 652. The number of rotatable bonds is 5. The van der Waals surface area contributed by atoms with E-state index in [0.717, 1.165) is 25.1 Å². The second kappa shape index (κ2) is 8.21. The van der Waals surface area contributed by atoms with Crippen LogP contribution in [0.5, 0.6) is 0 Å². The normalized spacial score (nSPS) is 17.0. The van der Waals surface area contributed by atoms with Crippen molar-refractivity contribution in [2.45, 2.75) is 25.8 Å². The maximum absolute atomic E-state index is 12.6. The van der Waals surface area contributed by atoms with Gasteiger partial charge >= 0.3 is 11.8 Å². The Morgan fingerprint density at radius 1 is 1.04 bits per heavy atom. The Morgan fingerprint density at radius 2 is 1.65 bits per heavy atom. The zero-order valence-electron chi connectivity index (χ0n) is 15.2. The highest BCUT2D eigenvalue weighted by molar-refractivity contribution is 6.35. The van der Waals surface area contributed by atoms with E-state index in [2.05, 4.69) is 5.32 Å². The highest BCUT2D eigenvalue weighted by atomic mass is 16.2. The summed E-state index contributed by atoms with van der Waals surface area (Å²) >= 11 is 0. The third kappa shape index (κ3) is 4.53. The van der Waals surface area contributed by atoms with E-state index in [9.17, 15) is 14.4 Å². The second-order valence-electron chi connectivity index (χ2n) is 6.77. The van der Waals surface area contributed by atoms with Gasteiger partial charge in [0.2, 0.25) is 5.91 Å². The minimum atomic E-state index is -0.520. The molecule has 1 saturated carbocycles.